The Morgan fingerprint density at radius 3 is 2.94 bits per heavy atom. The van der Waals surface area contributed by atoms with E-state index in [4.69, 9.17) is 4.74 Å². The van der Waals surface area contributed by atoms with Gasteiger partial charge in [0.2, 0.25) is 5.88 Å². The van der Waals surface area contributed by atoms with Crippen molar-refractivity contribution in [3.05, 3.63) is 18.3 Å². The maximum Gasteiger partial charge on any atom is 0.237 e. The number of rotatable bonds is 4. The van der Waals surface area contributed by atoms with Gasteiger partial charge < -0.3 is 9.64 Å². The van der Waals surface area contributed by atoms with Crippen LogP contribution in [0.1, 0.15) is 19.8 Å². The first kappa shape index (κ1) is 10.8. The van der Waals surface area contributed by atoms with Crippen molar-refractivity contribution in [3.8, 4) is 5.88 Å². The lowest BCUT2D eigenvalue weighted by Crippen LogP contribution is -2.57. The molecule has 3 rings (SSSR count). The summed E-state index contributed by atoms with van der Waals surface area (Å²) >= 11 is 0. The van der Waals surface area contributed by atoms with Gasteiger partial charge in [0.05, 0.1) is 19.7 Å². The van der Waals surface area contributed by atoms with Gasteiger partial charge in [-0.05, 0) is 37.8 Å². The Kier molecular flexibility index (Phi) is 2.45. The SMILES string of the molecule is CC1(F)CN(c2cccnc2OCC2CC2)C1. The molecular weight excluding hydrogens is 219 g/mol. The van der Waals surface area contributed by atoms with Crippen molar-refractivity contribution >= 4 is 5.69 Å². The van der Waals surface area contributed by atoms with Crippen LogP contribution in [0.5, 0.6) is 5.88 Å². The number of nitrogens with zero attached hydrogens (tertiary/aromatic N) is 2. The fourth-order valence-electron chi connectivity index (χ4n) is 2.14. The van der Waals surface area contributed by atoms with E-state index in [1.54, 1.807) is 13.1 Å². The van der Waals surface area contributed by atoms with E-state index in [2.05, 4.69) is 4.98 Å². The predicted octanol–water partition coefficient (Wildman–Crippen LogP) is 2.42. The van der Waals surface area contributed by atoms with Crippen molar-refractivity contribution in [2.24, 2.45) is 5.92 Å². The second-order valence-electron chi connectivity index (χ2n) is 5.35. The van der Waals surface area contributed by atoms with Gasteiger partial charge in [-0.2, -0.15) is 0 Å². The zero-order valence-corrected chi connectivity index (χ0v) is 10.0. The third-order valence-electron chi connectivity index (χ3n) is 3.29. The molecule has 0 radical (unpaired) electrons. The number of ether oxygens (including phenoxy) is 1. The summed E-state index contributed by atoms with van der Waals surface area (Å²) in [6, 6.07) is 3.82. The number of aromatic nitrogens is 1. The molecule has 1 saturated heterocycles. The zero-order chi connectivity index (χ0) is 11.9. The van der Waals surface area contributed by atoms with Crippen molar-refractivity contribution in [1.82, 2.24) is 4.98 Å². The number of anilines is 1. The smallest absolute Gasteiger partial charge is 0.237 e. The van der Waals surface area contributed by atoms with Crippen LogP contribution in [0.25, 0.3) is 0 Å². The molecule has 17 heavy (non-hydrogen) atoms. The minimum absolute atomic E-state index is 0.429. The quantitative estimate of drug-likeness (QED) is 0.802. The van der Waals surface area contributed by atoms with Crippen LogP contribution < -0.4 is 9.64 Å². The van der Waals surface area contributed by atoms with Crippen molar-refractivity contribution in [2.75, 3.05) is 24.6 Å². The van der Waals surface area contributed by atoms with Crippen molar-refractivity contribution in [3.63, 3.8) is 0 Å². The maximum absolute atomic E-state index is 13.5. The summed E-state index contributed by atoms with van der Waals surface area (Å²) in [6.07, 6.45) is 4.24. The van der Waals surface area contributed by atoms with Crippen LogP contribution in [0.4, 0.5) is 10.1 Å². The van der Waals surface area contributed by atoms with Crippen LogP contribution in [0.2, 0.25) is 0 Å². The number of hydrogen-bond acceptors (Lipinski definition) is 3. The Hall–Kier alpha value is -1.32. The van der Waals surface area contributed by atoms with Gasteiger partial charge in [-0.15, -0.1) is 0 Å². The van der Waals surface area contributed by atoms with Gasteiger partial charge >= 0.3 is 0 Å². The third-order valence-corrected chi connectivity index (χ3v) is 3.29. The molecular formula is C13H17FN2O. The minimum Gasteiger partial charge on any atom is -0.476 e. The van der Waals surface area contributed by atoms with Crippen LogP contribution in [0.15, 0.2) is 18.3 Å². The minimum atomic E-state index is -1.07. The summed E-state index contributed by atoms with van der Waals surface area (Å²) in [5.74, 6) is 1.35. The van der Waals surface area contributed by atoms with Crippen LogP contribution in [0, 0.1) is 5.92 Å². The molecule has 0 atom stereocenters. The number of alkyl halides is 1. The first-order chi connectivity index (χ1) is 8.14. The molecule has 0 aromatic carbocycles. The van der Waals surface area contributed by atoms with Gasteiger partial charge in [0.15, 0.2) is 0 Å². The van der Waals surface area contributed by atoms with Crippen LogP contribution in [0.3, 0.4) is 0 Å². The van der Waals surface area contributed by atoms with Gasteiger partial charge in [-0.1, -0.05) is 0 Å². The molecule has 0 spiro atoms. The number of hydrogen-bond donors (Lipinski definition) is 0. The Labute approximate surface area is 101 Å². The van der Waals surface area contributed by atoms with Gasteiger partial charge in [0, 0.05) is 6.20 Å². The largest absolute Gasteiger partial charge is 0.476 e. The van der Waals surface area contributed by atoms with Crippen LogP contribution >= 0.6 is 0 Å². The van der Waals surface area contributed by atoms with E-state index in [9.17, 15) is 4.39 Å². The Morgan fingerprint density at radius 1 is 1.53 bits per heavy atom. The molecule has 92 valence electrons. The highest BCUT2D eigenvalue weighted by atomic mass is 19.1. The van der Waals surface area contributed by atoms with Gasteiger partial charge in [0.25, 0.3) is 0 Å². The summed E-state index contributed by atoms with van der Waals surface area (Å²) in [5.41, 5.74) is -0.146. The molecule has 0 bridgehead atoms. The summed E-state index contributed by atoms with van der Waals surface area (Å²) in [5, 5.41) is 0. The fourth-order valence-corrected chi connectivity index (χ4v) is 2.14. The molecule has 1 saturated carbocycles. The normalized spacial score (nSPS) is 22.1. The molecule has 0 amide bonds. The van der Waals surface area contributed by atoms with E-state index in [0.717, 1.165) is 12.3 Å². The molecule has 2 heterocycles. The molecule has 1 aromatic rings. The van der Waals surface area contributed by atoms with Gasteiger partial charge in [0.1, 0.15) is 11.4 Å². The predicted molar refractivity (Wildman–Crippen MR) is 64.2 cm³/mol. The summed E-state index contributed by atoms with van der Waals surface area (Å²) in [6.45, 7) is 3.23. The van der Waals surface area contributed by atoms with Gasteiger partial charge in [-0.25, -0.2) is 9.37 Å². The summed E-state index contributed by atoms with van der Waals surface area (Å²) < 4.78 is 19.2. The molecule has 4 heteroatoms. The molecule has 1 aliphatic carbocycles. The highest BCUT2D eigenvalue weighted by molar-refractivity contribution is 5.57. The fraction of sp³-hybridized carbons (Fsp3) is 0.615. The lowest BCUT2D eigenvalue weighted by Gasteiger charge is -2.43. The van der Waals surface area contributed by atoms with E-state index in [1.807, 2.05) is 17.0 Å². The summed E-state index contributed by atoms with van der Waals surface area (Å²) in [4.78, 5) is 6.22. The van der Waals surface area contributed by atoms with Crippen molar-refractivity contribution in [1.29, 1.82) is 0 Å². The number of halogens is 1. The lowest BCUT2D eigenvalue weighted by atomic mass is 9.98. The van der Waals surface area contributed by atoms with E-state index in [1.165, 1.54) is 12.8 Å². The molecule has 3 nitrogen and oxygen atoms in total. The first-order valence-electron chi connectivity index (χ1n) is 6.16. The van der Waals surface area contributed by atoms with E-state index >= 15 is 0 Å². The maximum atomic E-state index is 13.5. The Bertz CT molecular complexity index is 410. The monoisotopic (exact) mass is 236 g/mol. The molecule has 2 aliphatic rings. The Balaban J connectivity index is 1.69. The van der Waals surface area contributed by atoms with Crippen molar-refractivity contribution in [2.45, 2.75) is 25.4 Å². The Morgan fingerprint density at radius 2 is 2.29 bits per heavy atom. The second-order valence-corrected chi connectivity index (χ2v) is 5.35. The molecule has 1 aromatic heterocycles. The second kappa shape index (κ2) is 3.86. The lowest BCUT2D eigenvalue weighted by molar-refractivity contribution is 0.143. The highest BCUT2D eigenvalue weighted by Crippen LogP contribution is 2.36. The standard InChI is InChI=1S/C13H17FN2O/c1-13(14)8-16(9-13)11-3-2-6-15-12(11)17-7-10-4-5-10/h2-3,6,10H,4-5,7-9H2,1H3. The van der Waals surface area contributed by atoms with Gasteiger partial charge in [-0.3, -0.25) is 0 Å². The van der Waals surface area contributed by atoms with E-state index in [-0.39, 0.29) is 0 Å². The molecule has 0 unspecified atom stereocenters. The van der Waals surface area contributed by atoms with Crippen LogP contribution in [-0.4, -0.2) is 30.3 Å². The first-order valence-corrected chi connectivity index (χ1v) is 6.16. The van der Waals surface area contributed by atoms with Crippen LogP contribution in [-0.2, 0) is 0 Å². The third kappa shape index (κ3) is 2.35. The average Bonchev–Trinajstić information content (AvgIpc) is 3.07. The van der Waals surface area contributed by atoms with E-state index < -0.39 is 5.67 Å². The summed E-state index contributed by atoms with van der Waals surface area (Å²) in [7, 11) is 0. The molecule has 1 aliphatic heterocycles. The number of pyridine rings is 1. The molecule has 0 N–H and O–H groups in total. The molecule has 2 fully saturated rings. The average molecular weight is 236 g/mol. The highest BCUT2D eigenvalue weighted by Gasteiger charge is 2.40. The van der Waals surface area contributed by atoms with Crippen molar-refractivity contribution < 1.29 is 9.13 Å². The zero-order valence-electron chi connectivity index (χ0n) is 10.0. The topological polar surface area (TPSA) is 25.4 Å². The van der Waals surface area contributed by atoms with E-state index in [0.29, 0.717) is 24.9 Å².